The first-order chi connectivity index (χ1) is 9.04. The molecule has 0 spiro atoms. The van der Waals surface area contributed by atoms with E-state index in [0.717, 1.165) is 6.61 Å². The van der Waals surface area contributed by atoms with Gasteiger partial charge in [-0.3, -0.25) is 0 Å². The van der Waals surface area contributed by atoms with Crippen molar-refractivity contribution in [1.29, 1.82) is 0 Å². The zero-order valence-electron chi connectivity index (χ0n) is 14.1. The fourth-order valence-corrected chi connectivity index (χ4v) is 3.59. The first kappa shape index (κ1) is 18.9. The van der Waals surface area contributed by atoms with Gasteiger partial charge in [-0.15, -0.1) is 0 Å². The Morgan fingerprint density at radius 2 is 1.47 bits per heavy atom. The summed E-state index contributed by atoms with van der Waals surface area (Å²) in [7, 11) is -1.56. The molecule has 0 bridgehead atoms. The highest BCUT2D eigenvalue weighted by atomic mass is 28.4. The van der Waals surface area contributed by atoms with Crippen molar-refractivity contribution in [2.75, 3.05) is 6.61 Å². The van der Waals surface area contributed by atoms with Crippen LogP contribution in [-0.4, -0.2) is 14.9 Å². The Morgan fingerprint density at radius 1 is 0.895 bits per heavy atom. The molecule has 0 aliphatic rings. The lowest BCUT2D eigenvalue weighted by molar-refractivity contribution is 0.304. The van der Waals surface area contributed by atoms with Crippen LogP contribution in [0.15, 0.2) is 11.3 Å². The first-order valence-electron chi connectivity index (χ1n) is 8.35. The minimum absolute atomic E-state index is 0.942. The molecule has 0 aliphatic heterocycles. The Balaban J connectivity index is 3.77. The minimum atomic E-state index is -1.56. The molecule has 0 radical (unpaired) electrons. The second-order valence-corrected chi connectivity index (χ2v) is 10.3. The van der Waals surface area contributed by atoms with Crippen LogP contribution < -0.4 is 0 Å². The third kappa shape index (κ3) is 10.4. The van der Waals surface area contributed by atoms with Crippen molar-refractivity contribution >= 4 is 8.32 Å². The second kappa shape index (κ2) is 11.7. The molecule has 0 amide bonds. The van der Waals surface area contributed by atoms with Gasteiger partial charge in [-0.1, -0.05) is 63.6 Å². The topological polar surface area (TPSA) is 9.23 Å². The van der Waals surface area contributed by atoms with Gasteiger partial charge in [0.2, 0.25) is 8.32 Å². The number of hydrogen-bond donors (Lipinski definition) is 0. The highest BCUT2D eigenvalue weighted by molar-refractivity contribution is 6.78. The molecular formula is C17H36OSi. The highest BCUT2D eigenvalue weighted by Crippen LogP contribution is 2.18. The molecule has 0 heterocycles. The van der Waals surface area contributed by atoms with Crippen LogP contribution in [0, 0.1) is 0 Å². The quantitative estimate of drug-likeness (QED) is 0.304. The Kier molecular flexibility index (Phi) is 11.7. The van der Waals surface area contributed by atoms with Crippen molar-refractivity contribution in [3.05, 3.63) is 11.3 Å². The molecule has 0 aromatic heterocycles. The van der Waals surface area contributed by atoms with E-state index in [1.54, 1.807) is 0 Å². The predicted molar refractivity (Wildman–Crippen MR) is 90.1 cm³/mol. The van der Waals surface area contributed by atoms with Gasteiger partial charge in [-0.2, -0.15) is 0 Å². The van der Waals surface area contributed by atoms with Gasteiger partial charge in [0.1, 0.15) is 0 Å². The van der Waals surface area contributed by atoms with Crippen molar-refractivity contribution < 1.29 is 4.43 Å². The van der Waals surface area contributed by atoms with E-state index < -0.39 is 8.32 Å². The summed E-state index contributed by atoms with van der Waals surface area (Å²) < 4.78 is 6.11. The SMILES string of the molecule is CCCCCCCC/C=C(\C)[Si](C)(C)OCCCC. The van der Waals surface area contributed by atoms with Crippen LogP contribution in [0.1, 0.15) is 78.6 Å². The Labute approximate surface area is 123 Å². The number of allylic oxidation sites excluding steroid dienone is 2. The van der Waals surface area contributed by atoms with Gasteiger partial charge in [-0.25, -0.2) is 0 Å². The molecule has 19 heavy (non-hydrogen) atoms. The van der Waals surface area contributed by atoms with Crippen LogP contribution in [-0.2, 0) is 4.43 Å². The molecule has 0 fully saturated rings. The van der Waals surface area contributed by atoms with Gasteiger partial charge in [0, 0.05) is 6.61 Å². The monoisotopic (exact) mass is 284 g/mol. The van der Waals surface area contributed by atoms with Crippen molar-refractivity contribution in [3.8, 4) is 0 Å². The predicted octanol–water partition coefficient (Wildman–Crippen LogP) is 6.24. The van der Waals surface area contributed by atoms with E-state index in [-0.39, 0.29) is 0 Å². The normalized spacial score (nSPS) is 13.0. The molecular weight excluding hydrogens is 248 g/mol. The zero-order chi connectivity index (χ0) is 14.6. The van der Waals surface area contributed by atoms with Crippen LogP contribution in [0.3, 0.4) is 0 Å². The molecule has 0 unspecified atom stereocenters. The van der Waals surface area contributed by atoms with Crippen LogP contribution in [0.4, 0.5) is 0 Å². The van der Waals surface area contributed by atoms with Crippen LogP contribution >= 0.6 is 0 Å². The third-order valence-corrected chi connectivity index (χ3v) is 6.95. The van der Waals surface area contributed by atoms with E-state index in [4.69, 9.17) is 4.43 Å². The van der Waals surface area contributed by atoms with E-state index in [2.05, 4.69) is 39.9 Å². The van der Waals surface area contributed by atoms with E-state index in [1.165, 1.54) is 63.0 Å². The Morgan fingerprint density at radius 3 is 2.11 bits per heavy atom. The van der Waals surface area contributed by atoms with E-state index in [0.29, 0.717) is 0 Å². The van der Waals surface area contributed by atoms with Gasteiger partial charge in [0.15, 0.2) is 0 Å². The molecule has 1 nitrogen and oxygen atoms in total. The molecule has 0 aliphatic carbocycles. The Hall–Kier alpha value is -0.0831. The maximum absolute atomic E-state index is 6.11. The fourth-order valence-electron chi connectivity index (χ4n) is 2.07. The summed E-state index contributed by atoms with van der Waals surface area (Å²) in [5.41, 5.74) is 0. The molecule has 0 N–H and O–H groups in total. The molecule has 2 heteroatoms. The molecule has 0 aromatic carbocycles. The lowest BCUT2D eigenvalue weighted by Crippen LogP contribution is -2.32. The number of rotatable bonds is 12. The maximum atomic E-state index is 6.11. The average molecular weight is 285 g/mol. The molecule has 0 saturated heterocycles. The molecule has 114 valence electrons. The fraction of sp³-hybridized carbons (Fsp3) is 0.882. The first-order valence-corrected chi connectivity index (χ1v) is 11.3. The highest BCUT2D eigenvalue weighted by Gasteiger charge is 2.23. The average Bonchev–Trinajstić information content (AvgIpc) is 2.37. The second-order valence-electron chi connectivity index (χ2n) is 6.16. The van der Waals surface area contributed by atoms with E-state index >= 15 is 0 Å². The number of hydrogen-bond acceptors (Lipinski definition) is 1. The summed E-state index contributed by atoms with van der Waals surface area (Å²) in [6.45, 7) is 12.4. The summed E-state index contributed by atoms with van der Waals surface area (Å²) in [6, 6.07) is 0. The third-order valence-electron chi connectivity index (χ3n) is 3.92. The standard InChI is InChI=1S/C17H36OSi/c1-6-8-10-11-12-13-14-15-17(3)19(4,5)18-16-9-7-2/h15H,6-14,16H2,1-5H3/b17-15+. The summed E-state index contributed by atoms with van der Waals surface area (Å²) >= 11 is 0. The number of unbranched alkanes of at least 4 members (excludes halogenated alkanes) is 7. The zero-order valence-corrected chi connectivity index (χ0v) is 15.1. The van der Waals surface area contributed by atoms with Crippen molar-refractivity contribution in [2.24, 2.45) is 0 Å². The van der Waals surface area contributed by atoms with Crippen LogP contribution in [0.2, 0.25) is 13.1 Å². The molecule has 0 saturated carbocycles. The van der Waals surface area contributed by atoms with Gasteiger partial charge in [0.05, 0.1) is 0 Å². The van der Waals surface area contributed by atoms with Gasteiger partial charge in [0.25, 0.3) is 0 Å². The molecule has 0 atom stereocenters. The smallest absolute Gasteiger partial charge is 0.213 e. The van der Waals surface area contributed by atoms with Crippen molar-refractivity contribution in [1.82, 2.24) is 0 Å². The summed E-state index contributed by atoms with van der Waals surface area (Å²) in [6.07, 6.45) is 14.4. The van der Waals surface area contributed by atoms with Crippen LogP contribution in [0.5, 0.6) is 0 Å². The van der Waals surface area contributed by atoms with Gasteiger partial charge in [-0.05, 0) is 39.3 Å². The van der Waals surface area contributed by atoms with E-state index in [9.17, 15) is 0 Å². The van der Waals surface area contributed by atoms with Gasteiger partial charge >= 0.3 is 0 Å². The van der Waals surface area contributed by atoms with Crippen LogP contribution in [0.25, 0.3) is 0 Å². The summed E-state index contributed by atoms with van der Waals surface area (Å²) in [5, 5.41) is 1.53. The van der Waals surface area contributed by atoms with Crippen molar-refractivity contribution in [3.63, 3.8) is 0 Å². The van der Waals surface area contributed by atoms with Gasteiger partial charge < -0.3 is 4.43 Å². The molecule has 0 rings (SSSR count). The van der Waals surface area contributed by atoms with E-state index in [1.807, 2.05) is 0 Å². The largest absolute Gasteiger partial charge is 0.413 e. The molecule has 0 aromatic rings. The Bertz CT molecular complexity index is 233. The minimum Gasteiger partial charge on any atom is -0.413 e. The maximum Gasteiger partial charge on any atom is 0.213 e. The summed E-state index contributed by atoms with van der Waals surface area (Å²) in [5.74, 6) is 0. The lowest BCUT2D eigenvalue weighted by atomic mass is 10.1. The van der Waals surface area contributed by atoms with Crippen molar-refractivity contribution in [2.45, 2.75) is 91.7 Å². The lowest BCUT2D eigenvalue weighted by Gasteiger charge is -2.24. The summed E-state index contributed by atoms with van der Waals surface area (Å²) in [4.78, 5) is 0.